The summed E-state index contributed by atoms with van der Waals surface area (Å²) < 4.78 is 1.65. The lowest BCUT2D eigenvalue weighted by Crippen LogP contribution is -2.31. The van der Waals surface area contributed by atoms with Gasteiger partial charge in [0.25, 0.3) is 5.91 Å². The minimum Gasteiger partial charge on any atom is -0.351 e. The highest BCUT2D eigenvalue weighted by Gasteiger charge is 2.41. The van der Waals surface area contributed by atoms with Gasteiger partial charge in [-0.25, -0.2) is 4.52 Å². The fourth-order valence-electron chi connectivity index (χ4n) is 2.37. The van der Waals surface area contributed by atoms with Gasteiger partial charge < -0.3 is 11.1 Å². The van der Waals surface area contributed by atoms with Crippen molar-refractivity contribution in [2.45, 2.75) is 19.3 Å². The van der Waals surface area contributed by atoms with Crippen LogP contribution in [0.25, 0.3) is 5.52 Å². The number of nitrogens with zero attached hydrogens (tertiary/aromatic N) is 3. The van der Waals surface area contributed by atoms with Crippen LogP contribution in [0.1, 0.15) is 29.6 Å². The number of hydrogen-bond acceptors (Lipinski definition) is 4. The van der Waals surface area contributed by atoms with Crippen molar-refractivity contribution in [2.75, 3.05) is 13.1 Å². The number of aromatic nitrogens is 3. The average molecular weight is 259 g/mol. The van der Waals surface area contributed by atoms with Gasteiger partial charge >= 0.3 is 0 Å². The van der Waals surface area contributed by atoms with E-state index in [4.69, 9.17) is 5.73 Å². The minimum atomic E-state index is -0.0914. The molecule has 1 aliphatic carbocycles. The van der Waals surface area contributed by atoms with Crippen LogP contribution < -0.4 is 11.1 Å². The van der Waals surface area contributed by atoms with Gasteiger partial charge in [-0.3, -0.25) is 9.78 Å². The number of fused-ring (bicyclic) bond motifs is 1. The van der Waals surface area contributed by atoms with Crippen LogP contribution >= 0.6 is 0 Å². The third-order valence-electron chi connectivity index (χ3n) is 3.83. The van der Waals surface area contributed by atoms with Crippen LogP contribution in [0.3, 0.4) is 0 Å². The topological polar surface area (TPSA) is 85.3 Å². The second-order valence-electron chi connectivity index (χ2n) is 5.19. The molecule has 0 saturated heterocycles. The zero-order valence-electron chi connectivity index (χ0n) is 10.7. The average Bonchev–Trinajstić information content (AvgIpc) is 3.05. The first kappa shape index (κ1) is 12.1. The Balaban J connectivity index is 1.71. The highest BCUT2D eigenvalue weighted by atomic mass is 16.1. The largest absolute Gasteiger partial charge is 0.351 e. The van der Waals surface area contributed by atoms with Crippen molar-refractivity contribution in [3.05, 3.63) is 30.4 Å². The molecule has 2 heterocycles. The van der Waals surface area contributed by atoms with Crippen LogP contribution in [0.15, 0.2) is 24.8 Å². The Morgan fingerprint density at radius 3 is 3.05 bits per heavy atom. The minimum absolute atomic E-state index is 0.0914. The van der Waals surface area contributed by atoms with Crippen molar-refractivity contribution in [1.29, 1.82) is 0 Å². The Bertz CT molecular complexity index is 602. The van der Waals surface area contributed by atoms with Crippen LogP contribution in [0, 0.1) is 5.41 Å². The van der Waals surface area contributed by atoms with Gasteiger partial charge in [0.2, 0.25) is 0 Å². The zero-order chi connectivity index (χ0) is 13.3. The molecule has 0 radical (unpaired) electrons. The maximum atomic E-state index is 12.2. The summed E-state index contributed by atoms with van der Waals surface area (Å²) >= 11 is 0. The molecule has 0 atom stereocenters. The van der Waals surface area contributed by atoms with Crippen LogP contribution in [-0.4, -0.2) is 33.6 Å². The van der Waals surface area contributed by atoms with Crippen molar-refractivity contribution in [3.8, 4) is 0 Å². The number of carbonyl (C=O) groups excluding carboxylic acids is 1. The summed E-state index contributed by atoms with van der Waals surface area (Å²) in [6.45, 7) is 1.37. The van der Waals surface area contributed by atoms with Gasteiger partial charge in [0, 0.05) is 18.9 Å². The third kappa shape index (κ3) is 2.31. The molecule has 2 aromatic heterocycles. The Morgan fingerprint density at radius 1 is 1.47 bits per heavy atom. The molecular formula is C13H17N5O. The van der Waals surface area contributed by atoms with E-state index in [-0.39, 0.29) is 11.3 Å². The predicted octanol–water partition coefficient (Wildman–Crippen LogP) is 0.588. The molecule has 3 N–H and O–H groups in total. The number of carbonyl (C=O) groups is 1. The molecule has 0 aliphatic heterocycles. The summed E-state index contributed by atoms with van der Waals surface area (Å²) in [5, 5.41) is 7.12. The molecule has 1 amide bonds. The number of nitrogens with one attached hydrogen (secondary N) is 1. The van der Waals surface area contributed by atoms with E-state index in [2.05, 4.69) is 15.4 Å². The fraction of sp³-hybridized carbons (Fsp3) is 0.462. The van der Waals surface area contributed by atoms with Crippen LogP contribution in [0.2, 0.25) is 0 Å². The lowest BCUT2D eigenvalue weighted by atomic mass is 10.0. The number of amides is 1. The van der Waals surface area contributed by atoms with Crippen molar-refractivity contribution < 1.29 is 4.79 Å². The van der Waals surface area contributed by atoms with Crippen molar-refractivity contribution in [1.82, 2.24) is 19.9 Å². The van der Waals surface area contributed by atoms with Gasteiger partial charge in [-0.2, -0.15) is 5.10 Å². The second-order valence-corrected chi connectivity index (χ2v) is 5.19. The lowest BCUT2D eigenvalue weighted by molar-refractivity contribution is 0.0945. The molecule has 3 rings (SSSR count). The summed E-state index contributed by atoms with van der Waals surface area (Å²) in [4.78, 5) is 16.2. The smallest absolute Gasteiger partial charge is 0.255 e. The molecule has 1 aliphatic rings. The molecular weight excluding hydrogens is 242 g/mol. The summed E-state index contributed by atoms with van der Waals surface area (Å²) in [7, 11) is 0. The van der Waals surface area contributed by atoms with E-state index in [9.17, 15) is 4.79 Å². The maximum absolute atomic E-state index is 12.2. The standard InChI is InChI=1S/C13H17N5O/c14-4-3-13(1-2-13)9-16-12(19)10-7-17-18-6-5-15-8-11(10)18/h5-8H,1-4,9,14H2,(H,16,19). The predicted molar refractivity (Wildman–Crippen MR) is 70.7 cm³/mol. The van der Waals surface area contributed by atoms with Crippen molar-refractivity contribution in [2.24, 2.45) is 11.1 Å². The van der Waals surface area contributed by atoms with Gasteiger partial charge in [0.1, 0.15) is 0 Å². The van der Waals surface area contributed by atoms with E-state index in [1.165, 1.54) is 0 Å². The summed E-state index contributed by atoms with van der Waals surface area (Å²) in [6, 6.07) is 0. The molecule has 0 unspecified atom stereocenters. The third-order valence-corrected chi connectivity index (χ3v) is 3.83. The molecule has 2 aromatic rings. The summed E-state index contributed by atoms with van der Waals surface area (Å²) in [6.07, 6.45) is 9.87. The van der Waals surface area contributed by atoms with E-state index >= 15 is 0 Å². The number of nitrogens with two attached hydrogens (primary N) is 1. The van der Waals surface area contributed by atoms with Gasteiger partial charge in [-0.05, 0) is 31.2 Å². The van der Waals surface area contributed by atoms with E-state index in [1.807, 2.05) is 0 Å². The number of rotatable bonds is 5. The second kappa shape index (κ2) is 4.62. The van der Waals surface area contributed by atoms with Crippen LogP contribution in [-0.2, 0) is 0 Å². The van der Waals surface area contributed by atoms with Crippen molar-refractivity contribution >= 4 is 11.4 Å². The first-order valence-electron chi connectivity index (χ1n) is 6.50. The summed E-state index contributed by atoms with van der Waals surface area (Å²) in [5.41, 5.74) is 7.13. The maximum Gasteiger partial charge on any atom is 0.255 e. The molecule has 19 heavy (non-hydrogen) atoms. The van der Waals surface area contributed by atoms with Crippen LogP contribution in [0.4, 0.5) is 0 Å². The Labute approximate surface area is 111 Å². The molecule has 6 nitrogen and oxygen atoms in total. The molecule has 6 heteroatoms. The normalized spacial score (nSPS) is 16.5. The Kier molecular flexibility index (Phi) is 2.94. The lowest BCUT2D eigenvalue weighted by Gasteiger charge is -2.14. The van der Waals surface area contributed by atoms with E-state index < -0.39 is 0 Å². The zero-order valence-corrected chi connectivity index (χ0v) is 10.7. The molecule has 0 bridgehead atoms. The SMILES string of the molecule is NCCC1(CNC(=O)c2cnn3ccncc23)CC1. The van der Waals surface area contributed by atoms with E-state index in [1.54, 1.807) is 29.3 Å². The quantitative estimate of drug-likeness (QED) is 0.823. The fourth-order valence-corrected chi connectivity index (χ4v) is 2.37. The van der Waals surface area contributed by atoms with E-state index in [0.717, 1.165) is 24.8 Å². The molecule has 100 valence electrons. The summed E-state index contributed by atoms with van der Waals surface area (Å²) in [5.74, 6) is -0.0914. The van der Waals surface area contributed by atoms with Gasteiger partial charge in [0.05, 0.1) is 23.5 Å². The Morgan fingerprint density at radius 2 is 2.32 bits per heavy atom. The van der Waals surface area contributed by atoms with Gasteiger partial charge in [-0.1, -0.05) is 0 Å². The Hall–Kier alpha value is -1.95. The van der Waals surface area contributed by atoms with Gasteiger partial charge in [-0.15, -0.1) is 0 Å². The monoisotopic (exact) mass is 259 g/mol. The highest BCUT2D eigenvalue weighted by Crippen LogP contribution is 2.47. The number of hydrogen-bond donors (Lipinski definition) is 2. The highest BCUT2D eigenvalue weighted by molar-refractivity contribution is 6.00. The molecule has 0 spiro atoms. The molecule has 0 aromatic carbocycles. The van der Waals surface area contributed by atoms with Gasteiger partial charge in [0.15, 0.2) is 0 Å². The van der Waals surface area contributed by atoms with E-state index in [0.29, 0.717) is 18.7 Å². The first-order valence-corrected chi connectivity index (χ1v) is 6.50. The first-order chi connectivity index (χ1) is 9.24. The molecule has 1 fully saturated rings. The van der Waals surface area contributed by atoms with Crippen LogP contribution in [0.5, 0.6) is 0 Å². The molecule has 1 saturated carbocycles. The van der Waals surface area contributed by atoms with Crippen molar-refractivity contribution in [3.63, 3.8) is 0 Å².